The van der Waals surface area contributed by atoms with Gasteiger partial charge in [-0.3, -0.25) is 9.78 Å². The Labute approximate surface area is 114 Å². The van der Waals surface area contributed by atoms with E-state index < -0.39 is 0 Å². The Balaban J connectivity index is 2.13. The summed E-state index contributed by atoms with van der Waals surface area (Å²) in [5.74, 6) is -0.119. The average molecular weight is 306 g/mol. The summed E-state index contributed by atoms with van der Waals surface area (Å²) < 4.78 is 0.702. The first-order valence-corrected chi connectivity index (χ1v) is 6.22. The SMILES string of the molecule is CN(Cc1cccnc1)C(=O)c1ncccc1Br. The standard InChI is InChI=1S/C13H12BrN3O/c1-17(9-10-4-2-6-15-8-10)13(18)12-11(14)5-3-7-16-12/h2-8H,9H2,1H3. The molecule has 92 valence electrons. The van der Waals surface area contributed by atoms with Gasteiger partial charge in [-0.2, -0.15) is 0 Å². The van der Waals surface area contributed by atoms with Crippen LogP contribution in [0.5, 0.6) is 0 Å². The normalized spacial score (nSPS) is 10.1. The lowest BCUT2D eigenvalue weighted by molar-refractivity contribution is 0.0778. The highest BCUT2D eigenvalue weighted by Gasteiger charge is 2.16. The van der Waals surface area contributed by atoms with Gasteiger partial charge in [0.25, 0.3) is 5.91 Å². The molecule has 2 aromatic rings. The first-order chi connectivity index (χ1) is 8.68. The smallest absolute Gasteiger partial charge is 0.273 e. The summed E-state index contributed by atoms with van der Waals surface area (Å²) in [6.07, 6.45) is 5.06. The van der Waals surface area contributed by atoms with Crippen LogP contribution in [0.4, 0.5) is 0 Å². The van der Waals surface area contributed by atoms with Crippen molar-refractivity contribution in [2.24, 2.45) is 0 Å². The third-order valence-corrected chi connectivity index (χ3v) is 3.09. The van der Waals surface area contributed by atoms with Gasteiger partial charge in [-0.05, 0) is 39.7 Å². The monoisotopic (exact) mass is 305 g/mol. The molecule has 0 spiro atoms. The molecule has 0 radical (unpaired) electrons. The number of carbonyl (C=O) groups is 1. The maximum Gasteiger partial charge on any atom is 0.273 e. The largest absolute Gasteiger partial charge is 0.336 e. The quantitative estimate of drug-likeness (QED) is 0.875. The summed E-state index contributed by atoms with van der Waals surface area (Å²) in [4.78, 5) is 21.9. The maximum absolute atomic E-state index is 12.2. The van der Waals surface area contributed by atoms with Crippen molar-refractivity contribution in [1.29, 1.82) is 0 Å². The molecule has 18 heavy (non-hydrogen) atoms. The van der Waals surface area contributed by atoms with Crippen LogP contribution in [0.3, 0.4) is 0 Å². The number of carbonyl (C=O) groups excluding carboxylic acids is 1. The number of nitrogens with zero attached hydrogens (tertiary/aromatic N) is 3. The van der Waals surface area contributed by atoms with E-state index >= 15 is 0 Å². The number of aromatic nitrogens is 2. The van der Waals surface area contributed by atoms with Crippen LogP contribution < -0.4 is 0 Å². The topological polar surface area (TPSA) is 46.1 Å². The molecule has 0 saturated heterocycles. The summed E-state index contributed by atoms with van der Waals surface area (Å²) in [6, 6.07) is 7.37. The van der Waals surface area contributed by atoms with Gasteiger partial charge >= 0.3 is 0 Å². The molecule has 0 aliphatic heterocycles. The van der Waals surface area contributed by atoms with Crippen molar-refractivity contribution in [3.05, 3.63) is 58.6 Å². The van der Waals surface area contributed by atoms with E-state index in [2.05, 4.69) is 25.9 Å². The molecule has 0 N–H and O–H groups in total. The van der Waals surface area contributed by atoms with Crippen molar-refractivity contribution < 1.29 is 4.79 Å². The van der Waals surface area contributed by atoms with Crippen LogP contribution in [0.25, 0.3) is 0 Å². The van der Waals surface area contributed by atoms with Crippen LogP contribution in [0.15, 0.2) is 47.3 Å². The van der Waals surface area contributed by atoms with Gasteiger partial charge in [-0.1, -0.05) is 6.07 Å². The molecule has 0 saturated carbocycles. The fraction of sp³-hybridized carbons (Fsp3) is 0.154. The zero-order chi connectivity index (χ0) is 13.0. The molecule has 0 aromatic carbocycles. The van der Waals surface area contributed by atoms with Gasteiger partial charge in [0.1, 0.15) is 5.69 Å². The Morgan fingerprint density at radius 3 is 2.78 bits per heavy atom. The highest BCUT2D eigenvalue weighted by atomic mass is 79.9. The van der Waals surface area contributed by atoms with E-state index in [0.717, 1.165) is 5.56 Å². The third-order valence-electron chi connectivity index (χ3n) is 2.45. The molecule has 0 unspecified atom stereocenters. The molecule has 2 aromatic heterocycles. The third kappa shape index (κ3) is 2.92. The molecule has 5 heteroatoms. The van der Waals surface area contributed by atoms with E-state index in [1.54, 1.807) is 42.7 Å². The Kier molecular flexibility index (Phi) is 4.04. The van der Waals surface area contributed by atoms with E-state index in [9.17, 15) is 4.79 Å². The Hall–Kier alpha value is -1.75. The van der Waals surface area contributed by atoms with Crippen LogP contribution in [-0.2, 0) is 6.54 Å². The van der Waals surface area contributed by atoms with Crippen LogP contribution in [0, 0.1) is 0 Å². The van der Waals surface area contributed by atoms with Crippen molar-refractivity contribution in [2.45, 2.75) is 6.54 Å². The second-order valence-corrected chi connectivity index (χ2v) is 4.71. The van der Waals surface area contributed by atoms with Crippen LogP contribution in [0.2, 0.25) is 0 Å². The Morgan fingerprint density at radius 1 is 1.33 bits per heavy atom. The summed E-state index contributed by atoms with van der Waals surface area (Å²) in [5, 5.41) is 0. The van der Waals surface area contributed by atoms with Gasteiger partial charge in [0.15, 0.2) is 0 Å². The molecule has 1 amide bonds. The molecule has 0 fully saturated rings. The van der Waals surface area contributed by atoms with Gasteiger partial charge in [-0.15, -0.1) is 0 Å². The number of pyridine rings is 2. The average Bonchev–Trinajstić information content (AvgIpc) is 2.39. The lowest BCUT2D eigenvalue weighted by atomic mass is 10.2. The van der Waals surface area contributed by atoms with E-state index in [0.29, 0.717) is 16.7 Å². The number of hydrogen-bond acceptors (Lipinski definition) is 3. The van der Waals surface area contributed by atoms with Crippen molar-refractivity contribution >= 4 is 21.8 Å². The minimum Gasteiger partial charge on any atom is -0.336 e. The van der Waals surface area contributed by atoms with Crippen molar-refractivity contribution in [3.63, 3.8) is 0 Å². The number of hydrogen-bond donors (Lipinski definition) is 0. The van der Waals surface area contributed by atoms with Gasteiger partial charge in [0, 0.05) is 36.7 Å². The van der Waals surface area contributed by atoms with Crippen molar-refractivity contribution in [3.8, 4) is 0 Å². The number of halogens is 1. The zero-order valence-corrected chi connectivity index (χ0v) is 11.5. The molecular weight excluding hydrogens is 294 g/mol. The van der Waals surface area contributed by atoms with Crippen molar-refractivity contribution in [1.82, 2.24) is 14.9 Å². The molecular formula is C13H12BrN3O. The van der Waals surface area contributed by atoms with E-state index in [-0.39, 0.29) is 5.91 Å². The van der Waals surface area contributed by atoms with E-state index in [1.807, 2.05) is 12.1 Å². The highest BCUT2D eigenvalue weighted by molar-refractivity contribution is 9.10. The van der Waals surface area contributed by atoms with Crippen LogP contribution in [-0.4, -0.2) is 27.8 Å². The first kappa shape index (κ1) is 12.7. The zero-order valence-electron chi connectivity index (χ0n) is 9.88. The fourth-order valence-corrected chi connectivity index (χ4v) is 1.99. The van der Waals surface area contributed by atoms with Gasteiger partial charge in [-0.25, -0.2) is 4.98 Å². The number of rotatable bonds is 3. The van der Waals surface area contributed by atoms with Crippen LogP contribution >= 0.6 is 15.9 Å². The Bertz CT molecular complexity index is 545. The molecule has 2 heterocycles. The maximum atomic E-state index is 12.2. The lowest BCUT2D eigenvalue weighted by Gasteiger charge is -2.17. The second kappa shape index (κ2) is 5.73. The minimum absolute atomic E-state index is 0.119. The van der Waals surface area contributed by atoms with E-state index in [4.69, 9.17) is 0 Å². The summed E-state index contributed by atoms with van der Waals surface area (Å²) in [7, 11) is 1.75. The van der Waals surface area contributed by atoms with Gasteiger partial charge in [0.2, 0.25) is 0 Å². The molecule has 4 nitrogen and oxygen atoms in total. The first-order valence-electron chi connectivity index (χ1n) is 5.43. The predicted molar refractivity (Wildman–Crippen MR) is 72.0 cm³/mol. The molecule has 0 bridgehead atoms. The second-order valence-electron chi connectivity index (χ2n) is 3.86. The Morgan fingerprint density at radius 2 is 2.11 bits per heavy atom. The summed E-state index contributed by atoms with van der Waals surface area (Å²) in [6.45, 7) is 0.510. The summed E-state index contributed by atoms with van der Waals surface area (Å²) >= 11 is 3.33. The molecule has 0 aliphatic rings. The van der Waals surface area contributed by atoms with Gasteiger partial charge < -0.3 is 4.90 Å². The molecule has 0 aliphatic carbocycles. The fourth-order valence-electron chi connectivity index (χ4n) is 1.56. The summed E-state index contributed by atoms with van der Waals surface area (Å²) in [5.41, 5.74) is 1.41. The van der Waals surface area contributed by atoms with Crippen molar-refractivity contribution in [2.75, 3.05) is 7.05 Å². The lowest BCUT2D eigenvalue weighted by Crippen LogP contribution is -2.27. The highest BCUT2D eigenvalue weighted by Crippen LogP contribution is 2.15. The minimum atomic E-state index is -0.119. The van der Waals surface area contributed by atoms with Gasteiger partial charge in [0.05, 0.1) is 0 Å². The molecule has 2 rings (SSSR count). The molecule has 0 atom stereocenters. The van der Waals surface area contributed by atoms with E-state index in [1.165, 1.54) is 0 Å². The number of amides is 1. The predicted octanol–water partition coefficient (Wildman–Crippen LogP) is 2.51. The van der Waals surface area contributed by atoms with Crippen LogP contribution in [0.1, 0.15) is 16.1 Å².